The highest BCUT2D eigenvalue weighted by Gasteiger charge is 2.42. The molecule has 0 bridgehead atoms. The summed E-state index contributed by atoms with van der Waals surface area (Å²) < 4.78 is 59.7. The first kappa shape index (κ1) is 48.2. The lowest BCUT2D eigenvalue weighted by Crippen LogP contribution is -2.36. The van der Waals surface area contributed by atoms with E-state index in [1.807, 2.05) is 103 Å². The molecule has 1 aromatic heterocycles. The first-order chi connectivity index (χ1) is 33.3. The molecule has 3 aliphatic heterocycles. The first-order valence-corrected chi connectivity index (χ1v) is 24.0. The Hall–Kier alpha value is -6.27. The number of amidine groups is 1. The summed E-state index contributed by atoms with van der Waals surface area (Å²) >= 11 is 1.88. The van der Waals surface area contributed by atoms with Crippen molar-refractivity contribution in [3.05, 3.63) is 132 Å². The number of benzene rings is 4. The molecule has 8 rings (SSSR count). The lowest BCUT2D eigenvalue weighted by Gasteiger charge is -2.16. The van der Waals surface area contributed by atoms with E-state index in [2.05, 4.69) is 16.0 Å². The van der Waals surface area contributed by atoms with E-state index in [0.717, 1.165) is 46.2 Å². The van der Waals surface area contributed by atoms with E-state index in [1.54, 1.807) is 37.4 Å². The number of hydrogen-bond acceptors (Lipinski definition) is 9. The molecule has 13 nitrogen and oxygen atoms in total. The van der Waals surface area contributed by atoms with Crippen molar-refractivity contribution in [3.63, 3.8) is 0 Å². The van der Waals surface area contributed by atoms with Crippen molar-refractivity contribution in [2.75, 3.05) is 65.7 Å². The number of aromatic nitrogens is 1. The number of hydrogen-bond donors (Lipinski definition) is 3. The molecule has 2 saturated heterocycles. The number of amides is 3. The van der Waals surface area contributed by atoms with E-state index in [4.69, 9.17) is 33.7 Å². The Morgan fingerprint density at radius 1 is 0.794 bits per heavy atom. The second-order valence-electron chi connectivity index (χ2n) is 16.3. The van der Waals surface area contributed by atoms with E-state index in [-0.39, 0.29) is 35.5 Å². The molecule has 3 N–H and O–H groups in total. The topological polar surface area (TPSA) is 146 Å². The molecular weight excluding hydrogens is 889 g/mol. The number of thioether (sulfide) groups is 1. The fraction of sp³-hybridized carbons (Fsp3) is 0.333. The molecule has 2 fully saturated rings. The first-order valence-electron chi connectivity index (χ1n) is 22.9. The Kier molecular flexibility index (Phi) is 17.1. The smallest absolute Gasteiger partial charge is 0.492 e. The molecule has 354 valence electrons. The number of allylic oxidation sites excluding steroid dienone is 1. The molecule has 68 heavy (non-hydrogen) atoms. The van der Waals surface area contributed by atoms with Crippen LogP contribution in [-0.4, -0.2) is 118 Å². The third kappa shape index (κ3) is 12.6. The Morgan fingerprint density at radius 3 is 2.13 bits per heavy atom. The molecule has 3 atom stereocenters. The Balaban J connectivity index is 0.931. The number of nitrogens with zero attached hydrogens (tertiary/aromatic N) is 3. The minimum atomic E-state index is -2.93. The minimum Gasteiger partial charge on any atom is -0.492 e. The highest BCUT2D eigenvalue weighted by molar-refractivity contribution is 8.00. The van der Waals surface area contributed by atoms with Crippen molar-refractivity contribution in [1.82, 2.24) is 20.4 Å². The predicted molar refractivity (Wildman–Crippen MR) is 265 cm³/mol. The normalized spacial score (nSPS) is 17.9. The maximum absolute atomic E-state index is 15.5. The molecule has 0 aliphatic carbocycles. The van der Waals surface area contributed by atoms with E-state index < -0.39 is 7.40 Å². The van der Waals surface area contributed by atoms with Gasteiger partial charge >= 0.3 is 13.4 Å². The molecule has 5 aromatic rings. The van der Waals surface area contributed by atoms with Crippen LogP contribution in [0.1, 0.15) is 36.8 Å². The van der Waals surface area contributed by atoms with Crippen molar-refractivity contribution < 1.29 is 41.9 Å². The summed E-state index contributed by atoms with van der Waals surface area (Å²) in [6, 6.07) is 35.5. The van der Waals surface area contributed by atoms with Crippen molar-refractivity contribution >= 4 is 54.0 Å². The average Bonchev–Trinajstić information content (AvgIpc) is 4.15. The lowest BCUT2D eigenvalue weighted by molar-refractivity contribution is -0.121. The van der Waals surface area contributed by atoms with Gasteiger partial charge in [-0.2, -0.15) is 11.8 Å². The monoisotopic (exact) mass is 944 g/mol. The van der Waals surface area contributed by atoms with Crippen LogP contribution >= 0.6 is 11.8 Å². The van der Waals surface area contributed by atoms with Gasteiger partial charge in [0.2, 0.25) is 5.91 Å². The summed E-state index contributed by atoms with van der Waals surface area (Å²) in [5, 5.41) is 9.30. The number of ether oxygens (including phenoxy) is 5. The summed E-state index contributed by atoms with van der Waals surface area (Å²) in [5.41, 5.74) is 5.04. The van der Waals surface area contributed by atoms with Crippen LogP contribution in [0, 0.1) is 0 Å². The molecule has 4 aromatic carbocycles. The highest BCUT2D eigenvalue weighted by atomic mass is 32.2. The molecule has 0 radical (unpaired) electrons. The van der Waals surface area contributed by atoms with Gasteiger partial charge in [-0.05, 0) is 90.2 Å². The molecule has 3 aliphatic rings. The zero-order valence-electron chi connectivity index (χ0n) is 37.9. The van der Waals surface area contributed by atoms with E-state index >= 15 is 8.63 Å². The third-order valence-corrected chi connectivity index (χ3v) is 13.2. The zero-order valence-corrected chi connectivity index (χ0v) is 38.7. The van der Waals surface area contributed by atoms with Crippen molar-refractivity contribution in [1.29, 1.82) is 0 Å². The SMILES string of the molecule is COCCOCCOCCOc1ccc(-c2cc(-c3ccccc3)c(/N=C3\N=C(c4ccc(OCCNC(=O)CCCCC5SCC6NC(=O)NC65)cc4)C=C3c3ccccc3)n2B(F)F)cc1. The van der Waals surface area contributed by atoms with Gasteiger partial charge < -0.3 is 44.1 Å². The maximum atomic E-state index is 15.5. The maximum Gasteiger partial charge on any atom is 0.679 e. The molecule has 3 amide bonds. The number of aliphatic imine (C=N–C) groups is 2. The summed E-state index contributed by atoms with van der Waals surface area (Å²) in [6.07, 6.45) is 5.03. The second kappa shape index (κ2) is 24.1. The van der Waals surface area contributed by atoms with Gasteiger partial charge in [0.15, 0.2) is 5.84 Å². The number of unbranched alkanes of at least 4 members (excludes halogenated alkanes) is 1. The van der Waals surface area contributed by atoms with Gasteiger partial charge in [0.25, 0.3) is 0 Å². The Bertz CT molecular complexity index is 2550. The van der Waals surface area contributed by atoms with E-state index in [0.29, 0.717) is 104 Å². The summed E-state index contributed by atoms with van der Waals surface area (Å²) in [4.78, 5) is 34.1. The van der Waals surface area contributed by atoms with Gasteiger partial charge in [-0.25, -0.2) is 14.8 Å². The summed E-state index contributed by atoms with van der Waals surface area (Å²) in [7, 11) is -1.31. The molecule has 17 heteroatoms. The molecule has 3 unspecified atom stereocenters. The Morgan fingerprint density at radius 2 is 1.44 bits per heavy atom. The summed E-state index contributed by atoms with van der Waals surface area (Å²) in [6.45, 7) is 3.27. The fourth-order valence-corrected chi connectivity index (χ4v) is 9.84. The number of urea groups is 1. The van der Waals surface area contributed by atoms with Crippen LogP contribution in [0.25, 0.3) is 28.0 Å². The van der Waals surface area contributed by atoms with Crippen LogP contribution < -0.4 is 25.4 Å². The van der Waals surface area contributed by atoms with Crippen molar-refractivity contribution in [2.45, 2.75) is 43.0 Å². The largest absolute Gasteiger partial charge is 0.679 e. The standard InChI is InChI=1S/C51H55BF2N6O7S/c1-63-26-27-64-28-29-65-30-31-67-40-22-18-38(19-23-40)45-33-42(36-12-6-3-7-13-36)50(60(45)52(53)54)59-49-41(35-10-4-2-5-11-35)32-43(56-49)37-16-20-39(21-17-37)66-25-24-55-47(61)15-9-8-14-46-48-44(34-68-46)57-51(62)58-48/h2-7,10-13,16-23,32-33,44,46,48H,8-9,14-15,24-31,34H2,1H3,(H,55,61)(H2,57,58,62)/b59-49-. The highest BCUT2D eigenvalue weighted by Crippen LogP contribution is 2.41. The number of nitrogens with one attached hydrogen (secondary N) is 3. The number of carbonyl (C=O) groups excluding carboxylic acids is 2. The number of methoxy groups -OCH3 is 1. The lowest BCUT2D eigenvalue weighted by atomic mass is 10.0. The number of fused-ring (bicyclic) bond motifs is 1. The number of carbonyl (C=O) groups is 2. The average molecular weight is 945 g/mol. The van der Waals surface area contributed by atoms with Crippen molar-refractivity contribution in [2.24, 2.45) is 9.98 Å². The van der Waals surface area contributed by atoms with Gasteiger partial charge in [-0.15, -0.1) is 0 Å². The Labute approximate surface area is 399 Å². The summed E-state index contributed by atoms with van der Waals surface area (Å²) in [5.74, 6) is 2.48. The van der Waals surface area contributed by atoms with Gasteiger partial charge in [0.1, 0.15) is 30.5 Å². The zero-order chi connectivity index (χ0) is 47.1. The van der Waals surface area contributed by atoms with E-state index in [9.17, 15) is 9.59 Å². The minimum absolute atomic E-state index is 0.0168. The molecule has 0 saturated carbocycles. The van der Waals surface area contributed by atoms with Crippen LogP contribution in [0.4, 0.5) is 19.2 Å². The van der Waals surface area contributed by atoms with Gasteiger partial charge in [0, 0.05) is 46.9 Å². The molecular formula is C51H55BF2N6O7S. The van der Waals surface area contributed by atoms with Crippen LogP contribution in [0.2, 0.25) is 0 Å². The quantitative estimate of drug-likeness (QED) is 0.0300. The third-order valence-electron chi connectivity index (χ3n) is 11.7. The van der Waals surface area contributed by atoms with Crippen LogP contribution in [0.5, 0.6) is 11.5 Å². The van der Waals surface area contributed by atoms with Crippen molar-refractivity contribution in [3.8, 4) is 33.9 Å². The van der Waals surface area contributed by atoms with Gasteiger partial charge in [0.05, 0.1) is 57.4 Å². The predicted octanol–water partition coefficient (Wildman–Crippen LogP) is 8.49. The second-order valence-corrected chi connectivity index (χ2v) is 17.6. The van der Waals surface area contributed by atoms with Crippen LogP contribution in [-0.2, 0) is 19.0 Å². The number of rotatable bonds is 25. The molecule has 4 heterocycles. The number of halogens is 2. The van der Waals surface area contributed by atoms with Gasteiger partial charge in [-0.1, -0.05) is 67.1 Å². The van der Waals surface area contributed by atoms with Crippen LogP contribution in [0.15, 0.2) is 131 Å². The fourth-order valence-electron chi connectivity index (χ4n) is 8.30. The van der Waals surface area contributed by atoms with Gasteiger partial charge in [-0.3, -0.25) is 13.4 Å². The van der Waals surface area contributed by atoms with E-state index in [1.165, 1.54) is 0 Å². The van der Waals surface area contributed by atoms with Crippen LogP contribution in [0.3, 0.4) is 0 Å². The molecule has 0 spiro atoms.